The van der Waals surface area contributed by atoms with Gasteiger partial charge in [-0.15, -0.1) is 5.10 Å². The number of nitrogens with two attached hydrogens (primary N) is 1. The highest BCUT2D eigenvalue weighted by Gasteiger charge is 2.31. The highest BCUT2D eigenvalue weighted by Crippen LogP contribution is 2.42. The minimum atomic E-state index is 0.469. The molecular weight excluding hydrogens is 224 g/mol. The first-order valence-corrected chi connectivity index (χ1v) is 6.43. The summed E-state index contributed by atoms with van der Waals surface area (Å²) in [6.07, 6.45) is 2.45. The van der Waals surface area contributed by atoms with Gasteiger partial charge in [-0.05, 0) is 43.9 Å². The third kappa shape index (κ3) is 1.82. The van der Waals surface area contributed by atoms with E-state index < -0.39 is 0 Å². The molecule has 0 unspecified atom stereocenters. The Morgan fingerprint density at radius 3 is 2.78 bits per heavy atom. The minimum Gasteiger partial charge on any atom is -0.325 e. The van der Waals surface area contributed by atoms with Gasteiger partial charge < -0.3 is 5.73 Å². The van der Waals surface area contributed by atoms with Crippen molar-refractivity contribution in [1.82, 2.24) is 15.0 Å². The average Bonchev–Trinajstić information content (AvgIpc) is 3.12. The molecule has 1 heterocycles. The van der Waals surface area contributed by atoms with Crippen LogP contribution < -0.4 is 5.73 Å². The molecule has 0 radical (unpaired) electrons. The Morgan fingerprint density at radius 1 is 1.33 bits per heavy atom. The molecule has 1 fully saturated rings. The van der Waals surface area contributed by atoms with Gasteiger partial charge in [-0.25, -0.2) is 4.68 Å². The maximum absolute atomic E-state index is 5.76. The molecule has 2 aromatic rings. The smallest absolute Gasteiger partial charge is 0.100 e. The van der Waals surface area contributed by atoms with E-state index in [0.717, 1.165) is 11.4 Å². The van der Waals surface area contributed by atoms with Gasteiger partial charge in [0.05, 0.1) is 11.4 Å². The molecule has 1 saturated carbocycles. The number of hydrogen-bond donors (Lipinski definition) is 1. The SMILES string of the molecule is Cc1ccc(C)c(-n2nnc(CN)c2C2CC2)c1. The van der Waals surface area contributed by atoms with E-state index in [1.165, 1.54) is 29.7 Å². The molecule has 4 heteroatoms. The quantitative estimate of drug-likeness (QED) is 0.897. The first kappa shape index (κ1) is 11.4. The molecule has 0 spiro atoms. The van der Waals surface area contributed by atoms with E-state index in [4.69, 9.17) is 5.73 Å². The summed E-state index contributed by atoms with van der Waals surface area (Å²) < 4.78 is 1.99. The highest BCUT2D eigenvalue weighted by molar-refractivity contribution is 5.44. The number of aromatic nitrogens is 3. The van der Waals surface area contributed by atoms with Crippen LogP contribution in [0.2, 0.25) is 0 Å². The molecule has 3 rings (SSSR count). The summed E-state index contributed by atoms with van der Waals surface area (Å²) in [6, 6.07) is 6.41. The van der Waals surface area contributed by atoms with Crippen LogP contribution in [-0.4, -0.2) is 15.0 Å². The fourth-order valence-electron chi connectivity index (χ4n) is 2.36. The van der Waals surface area contributed by atoms with Crippen molar-refractivity contribution in [3.63, 3.8) is 0 Å². The second-order valence-electron chi connectivity index (χ2n) is 5.10. The summed E-state index contributed by atoms with van der Waals surface area (Å²) in [5, 5.41) is 8.54. The first-order chi connectivity index (χ1) is 8.70. The molecule has 0 amide bonds. The molecule has 1 aromatic carbocycles. The zero-order chi connectivity index (χ0) is 12.7. The first-order valence-electron chi connectivity index (χ1n) is 6.43. The topological polar surface area (TPSA) is 56.7 Å². The van der Waals surface area contributed by atoms with Crippen molar-refractivity contribution < 1.29 is 0 Å². The summed E-state index contributed by atoms with van der Waals surface area (Å²) in [5.74, 6) is 0.596. The molecule has 0 atom stereocenters. The van der Waals surface area contributed by atoms with Crippen molar-refractivity contribution in [2.24, 2.45) is 5.73 Å². The Labute approximate surface area is 107 Å². The van der Waals surface area contributed by atoms with Gasteiger partial charge >= 0.3 is 0 Å². The molecular formula is C14H18N4. The molecule has 1 aliphatic rings. The third-order valence-electron chi connectivity index (χ3n) is 3.53. The van der Waals surface area contributed by atoms with Gasteiger partial charge in [0.25, 0.3) is 0 Å². The van der Waals surface area contributed by atoms with Crippen LogP contribution in [0.25, 0.3) is 5.69 Å². The van der Waals surface area contributed by atoms with E-state index in [-0.39, 0.29) is 0 Å². The van der Waals surface area contributed by atoms with Gasteiger partial charge in [0.15, 0.2) is 0 Å². The van der Waals surface area contributed by atoms with Crippen LogP contribution in [0, 0.1) is 13.8 Å². The predicted molar refractivity (Wildman–Crippen MR) is 70.7 cm³/mol. The lowest BCUT2D eigenvalue weighted by Crippen LogP contribution is -2.06. The summed E-state index contributed by atoms with van der Waals surface area (Å²) in [4.78, 5) is 0. The van der Waals surface area contributed by atoms with Crippen LogP contribution in [0.4, 0.5) is 0 Å². The molecule has 0 saturated heterocycles. The molecule has 1 aliphatic carbocycles. The Kier molecular flexibility index (Phi) is 2.67. The highest BCUT2D eigenvalue weighted by atomic mass is 15.4. The molecule has 1 aromatic heterocycles. The fourth-order valence-corrected chi connectivity index (χ4v) is 2.36. The Hall–Kier alpha value is -1.68. The maximum Gasteiger partial charge on any atom is 0.100 e. The van der Waals surface area contributed by atoms with Crippen LogP contribution in [0.3, 0.4) is 0 Å². The monoisotopic (exact) mass is 242 g/mol. The summed E-state index contributed by atoms with van der Waals surface area (Å²) in [6.45, 7) is 4.67. The third-order valence-corrected chi connectivity index (χ3v) is 3.53. The van der Waals surface area contributed by atoms with Crippen LogP contribution in [0.15, 0.2) is 18.2 Å². The molecule has 0 aliphatic heterocycles. The van der Waals surface area contributed by atoms with E-state index >= 15 is 0 Å². The van der Waals surface area contributed by atoms with Gasteiger partial charge in [0.2, 0.25) is 0 Å². The summed E-state index contributed by atoms with van der Waals surface area (Å²) in [5.41, 5.74) is 11.5. The Balaban J connectivity index is 2.16. The average molecular weight is 242 g/mol. The lowest BCUT2D eigenvalue weighted by Gasteiger charge is -2.10. The minimum absolute atomic E-state index is 0.469. The number of aryl methyl sites for hydroxylation is 2. The molecule has 4 nitrogen and oxygen atoms in total. The molecule has 0 bridgehead atoms. The second-order valence-corrected chi connectivity index (χ2v) is 5.10. The van der Waals surface area contributed by atoms with Crippen molar-refractivity contribution in [2.45, 2.75) is 39.2 Å². The fraction of sp³-hybridized carbons (Fsp3) is 0.429. The lowest BCUT2D eigenvalue weighted by molar-refractivity contribution is 0.759. The van der Waals surface area contributed by atoms with Crippen LogP contribution in [0.5, 0.6) is 0 Å². The van der Waals surface area contributed by atoms with Crippen LogP contribution >= 0.6 is 0 Å². The van der Waals surface area contributed by atoms with Gasteiger partial charge in [0, 0.05) is 12.5 Å². The van der Waals surface area contributed by atoms with Gasteiger partial charge in [-0.2, -0.15) is 0 Å². The normalized spacial score (nSPS) is 15.1. The lowest BCUT2D eigenvalue weighted by atomic mass is 10.1. The predicted octanol–water partition coefficient (Wildman–Crippen LogP) is 2.22. The standard InChI is InChI=1S/C14H18N4/c1-9-3-4-10(2)13(7-9)18-14(11-5-6-11)12(8-15)16-17-18/h3-4,7,11H,5-6,8,15H2,1-2H3. The number of benzene rings is 1. The van der Waals surface area contributed by atoms with Gasteiger partial charge in [-0.3, -0.25) is 0 Å². The zero-order valence-corrected chi connectivity index (χ0v) is 10.8. The number of hydrogen-bond acceptors (Lipinski definition) is 3. The van der Waals surface area contributed by atoms with Crippen molar-refractivity contribution in [2.75, 3.05) is 0 Å². The van der Waals surface area contributed by atoms with Gasteiger partial charge in [0.1, 0.15) is 5.69 Å². The van der Waals surface area contributed by atoms with Crippen molar-refractivity contribution in [3.05, 3.63) is 40.7 Å². The molecule has 2 N–H and O–H groups in total. The van der Waals surface area contributed by atoms with Gasteiger partial charge in [-0.1, -0.05) is 17.3 Å². The Morgan fingerprint density at radius 2 is 2.11 bits per heavy atom. The summed E-state index contributed by atoms with van der Waals surface area (Å²) in [7, 11) is 0. The van der Waals surface area contributed by atoms with E-state index in [1.54, 1.807) is 0 Å². The van der Waals surface area contributed by atoms with Crippen LogP contribution in [0.1, 0.15) is 41.3 Å². The molecule has 94 valence electrons. The summed E-state index contributed by atoms with van der Waals surface area (Å²) >= 11 is 0. The van der Waals surface area contributed by atoms with Crippen LogP contribution in [-0.2, 0) is 6.54 Å². The van der Waals surface area contributed by atoms with E-state index in [0.29, 0.717) is 12.5 Å². The second kappa shape index (κ2) is 4.21. The van der Waals surface area contributed by atoms with E-state index in [1.807, 2.05) is 4.68 Å². The number of rotatable bonds is 3. The van der Waals surface area contributed by atoms with Crippen molar-refractivity contribution in [3.8, 4) is 5.69 Å². The van der Waals surface area contributed by atoms with E-state index in [2.05, 4.69) is 42.4 Å². The zero-order valence-electron chi connectivity index (χ0n) is 10.8. The van der Waals surface area contributed by atoms with E-state index in [9.17, 15) is 0 Å². The number of nitrogens with zero attached hydrogens (tertiary/aromatic N) is 3. The Bertz CT molecular complexity index is 581. The largest absolute Gasteiger partial charge is 0.325 e. The molecule has 18 heavy (non-hydrogen) atoms. The maximum atomic E-state index is 5.76. The van der Waals surface area contributed by atoms with Crippen molar-refractivity contribution >= 4 is 0 Å². The van der Waals surface area contributed by atoms with Crippen molar-refractivity contribution in [1.29, 1.82) is 0 Å².